The van der Waals surface area contributed by atoms with Crippen LogP contribution in [0.15, 0.2) is 42.5 Å². The van der Waals surface area contributed by atoms with E-state index in [9.17, 15) is 4.79 Å². The maximum Gasteiger partial charge on any atom is 0.227 e. The highest BCUT2D eigenvalue weighted by Crippen LogP contribution is 2.32. The van der Waals surface area contributed by atoms with Crippen LogP contribution in [-0.4, -0.2) is 26.2 Å². The predicted molar refractivity (Wildman–Crippen MR) is 95.6 cm³/mol. The molecular weight excluding hydrogens is 326 g/mol. The molecule has 3 rings (SSSR count). The van der Waals surface area contributed by atoms with Crippen molar-refractivity contribution < 1.29 is 14.3 Å². The van der Waals surface area contributed by atoms with Gasteiger partial charge in [-0.1, -0.05) is 23.7 Å². The molecule has 1 N–H and O–H groups in total. The minimum atomic E-state index is 0.0336. The molecule has 1 amide bonds. The van der Waals surface area contributed by atoms with Crippen molar-refractivity contribution in [3.63, 3.8) is 0 Å². The number of rotatable bonds is 4. The Morgan fingerprint density at radius 3 is 2.54 bits per heavy atom. The van der Waals surface area contributed by atoms with Gasteiger partial charge in [-0.15, -0.1) is 0 Å². The third-order valence-electron chi connectivity index (χ3n) is 4.23. The lowest BCUT2D eigenvalue weighted by atomic mass is 9.99. The number of carbonyl (C=O) groups excluding carboxylic acids is 1. The summed E-state index contributed by atoms with van der Waals surface area (Å²) < 4.78 is 10.5. The van der Waals surface area contributed by atoms with Crippen molar-refractivity contribution in [2.24, 2.45) is 5.92 Å². The van der Waals surface area contributed by atoms with Gasteiger partial charge in [-0.05, 0) is 48.7 Å². The van der Waals surface area contributed by atoms with Gasteiger partial charge in [-0.25, -0.2) is 0 Å². The van der Waals surface area contributed by atoms with E-state index in [-0.39, 0.29) is 11.8 Å². The SMILES string of the molecule is COc1ccc(Cl)c(-c2ccc(NC(=O)C3CCOCC3)cc2)c1. The normalized spacial score (nSPS) is 15.1. The van der Waals surface area contributed by atoms with Gasteiger partial charge in [0.15, 0.2) is 0 Å². The third kappa shape index (κ3) is 3.89. The Labute approximate surface area is 146 Å². The number of methoxy groups -OCH3 is 1. The van der Waals surface area contributed by atoms with Crippen molar-refractivity contribution in [3.05, 3.63) is 47.5 Å². The molecule has 24 heavy (non-hydrogen) atoms. The molecule has 0 bridgehead atoms. The van der Waals surface area contributed by atoms with E-state index in [0.717, 1.165) is 35.4 Å². The molecule has 0 atom stereocenters. The molecule has 126 valence electrons. The smallest absolute Gasteiger partial charge is 0.227 e. The van der Waals surface area contributed by atoms with E-state index in [0.29, 0.717) is 18.2 Å². The number of benzene rings is 2. The molecule has 2 aromatic rings. The number of amides is 1. The van der Waals surface area contributed by atoms with Crippen LogP contribution in [0, 0.1) is 5.92 Å². The Kier molecular flexibility index (Phi) is 5.38. The van der Waals surface area contributed by atoms with E-state index < -0.39 is 0 Å². The predicted octanol–water partition coefficient (Wildman–Crippen LogP) is 4.38. The average Bonchev–Trinajstić information content (AvgIpc) is 2.63. The standard InChI is InChI=1S/C19H20ClNO3/c1-23-16-6-7-18(20)17(12-16)13-2-4-15(5-3-13)21-19(22)14-8-10-24-11-9-14/h2-7,12,14H,8-11H2,1H3,(H,21,22). The van der Waals surface area contributed by atoms with Gasteiger partial charge in [0.05, 0.1) is 7.11 Å². The molecule has 4 nitrogen and oxygen atoms in total. The van der Waals surface area contributed by atoms with Crippen LogP contribution in [0.5, 0.6) is 5.75 Å². The molecule has 0 spiro atoms. The van der Waals surface area contributed by atoms with Crippen molar-refractivity contribution in [3.8, 4) is 16.9 Å². The summed E-state index contributed by atoms with van der Waals surface area (Å²) in [4.78, 5) is 12.3. The van der Waals surface area contributed by atoms with Gasteiger partial charge >= 0.3 is 0 Å². The summed E-state index contributed by atoms with van der Waals surface area (Å²) in [6.45, 7) is 1.32. The highest BCUT2D eigenvalue weighted by Gasteiger charge is 2.21. The Hall–Kier alpha value is -2.04. The summed E-state index contributed by atoms with van der Waals surface area (Å²) in [6, 6.07) is 13.2. The van der Waals surface area contributed by atoms with Crippen molar-refractivity contribution in [2.45, 2.75) is 12.8 Å². The van der Waals surface area contributed by atoms with E-state index in [2.05, 4.69) is 5.32 Å². The lowest BCUT2D eigenvalue weighted by Crippen LogP contribution is -2.28. The number of hydrogen-bond acceptors (Lipinski definition) is 3. The molecule has 0 aliphatic carbocycles. The quantitative estimate of drug-likeness (QED) is 0.894. The lowest BCUT2D eigenvalue weighted by molar-refractivity contribution is -0.122. The van der Waals surface area contributed by atoms with E-state index >= 15 is 0 Å². The maximum absolute atomic E-state index is 12.3. The van der Waals surface area contributed by atoms with Gasteiger partial charge in [0.1, 0.15) is 5.75 Å². The Balaban J connectivity index is 1.72. The molecule has 2 aromatic carbocycles. The molecule has 1 saturated heterocycles. The minimum Gasteiger partial charge on any atom is -0.497 e. The molecule has 1 aliphatic rings. The second-order valence-electron chi connectivity index (χ2n) is 5.80. The van der Waals surface area contributed by atoms with Gasteiger partial charge in [-0.3, -0.25) is 4.79 Å². The third-order valence-corrected chi connectivity index (χ3v) is 4.56. The van der Waals surface area contributed by atoms with Gasteiger partial charge in [0.2, 0.25) is 5.91 Å². The Morgan fingerprint density at radius 1 is 1.17 bits per heavy atom. The Morgan fingerprint density at radius 2 is 1.88 bits per heavy atom. The summed E-state index contributed by atoms with van der Waals surface area (Å²) in [5.74, 6) is 0.850. The average molecular weight is 346 g/mol. The van der Waals surface area contributed by atoms with Crippen LogP contribution in [-0.2, 0) is 9.53 Å². The minimum absolute atomic E-state index is 0.0336. The monoisotopic (exact) mass is 345 g/mol. The second kappa shape index (κ2) is 7.69. The first-order chi connectivity index (χ1) is 11.7. The van der Waals surface area contributed by atoms with E-state index in [4.69, 9.17) is 21.1 Å². The van der Waals surface area contributed by atoms with Crippen LogP contribution in [0.2, 0.25) is 5.02 Å². The van der Waals surface area contributed by atoms with Crippen molar-refractivity contribution in [1.82, 2.24) is 0 Å². The van der Waals surface area contributed by atoms with Crippen LogP contribution >= 0.6 is 11.6 Å². The van der Waals surface area contributed by atoms with Crippen molar-refractivity contribution in [2.75, 3.05) is 25.6 Å². The zero-order valence-corrected chi connectivity index (χ0v) is 14.3. The van der Waals surface area contributed by atoms with Crippen molar-refractivity contribution in [1.29, 1.82) is 0 Å². The first-order valence-electron chi connectivity index (χ1n) is 8.00. The van der Waals surface area contributed by atoms with Crippen molar-refractivity contribution >= 4 is 23.2 Å². The van der Waals surface area contributed by atoms with Gasteiger partial charge in [0, 0.05) is 35.4 Å². The summed E-state index contributed by atoms with van der Waals surface area (Å²) in [5, 5.41) is 3.64. The van der Waals surface area contributed by atoms with Crippen LogP contribution in [0.25, 0.3) is 11.1 Å². The topological polar surface area (TPSA) is 47.6 Å². The first-order valence-corrected chi connectivity index (χ1v) is 8.38. The van der Waals surface area contributed by atoms with Gasteiger partial charge in [-0.2, -0.15) is 0 Å². The Bertz CT molecular complexity index is 709. The number of anilines is 1. The zero-order valence-electron chi connectivity index (χ0n) is 13.5. The van der Waals surface area contributed by atoms with Crippen LogP contribution in [0.4, 0.5) is 5.69 Å². The summed E-state index contributed by atoms with van der Waals surface area (Å²) in [6.07, 6.45) is 1.56. The molecular formula is C19H20ClNO3. The molecule has 0 radical (unpaired) electrons. The fourth-order valence-corrected chi connectivity index (χ4v) is 3.02. The lowest BCUT2D eigenvalue weighted by Gasteiger charge is -2.21. The second-order valence-corrected chi connectivity index (χ2v) is 6.21. The van der Waals surface area contributed by atoms with E-state index in [1.807, 2.05) is 42.5 Å². The van der Waals surface area contributed by atoms with Crippen LogP contribution in [0.1, 0.15) is 12.8 Å². The van der Waals surface area contributed by atoms with Crippen LogP contribution in [0.3, 0.4) is 0 Å². The maximum atomic E-state index is 12.3. The molecule has 1 aliphatic heterocycles. The highest BCUT2D eigenvalue weighted by atomic mass is 35.5. The van der Waals surface area contributed by atoms with E-state index in [1.54, 1.807) is 7.11 Å². The molecule has 1 heterocycles. The van der Waals surface area contributed by atoms with E-state index in [1.165, 1.54) is 0 Å². The fourth-order valence-electron chi connectivity index (χ4n) is 2.79. The summed E-state index contributed by atoms with van der Waals surface area (Å²) >= 11 is 6.28. The van der Waals surface area contributed by atoms with Gasteiger partial charge in [0.25, 0.3) is 0 Å². The van der Waals surface area contributed by atoms with Crippen LogP contribution < -0.4 is 10.1 Å². The number of hydrogen-bond donors (Lipinski definition) is 1. The zero-order chi connectivity index (χ0) is 16.9. The number of carbonyl (C=O) groups is 1. The molecule has 0 aromatic heterocycles. The molecule has 1 fully saturated rings. The largest absolute Gasteiger partial charge is 0.497 e. The first kappa shape index (κ1) is 16.8. The molecule has 0 saturated carbocycles. The highest BCUT2D eigenvalue weighted by molar-refractivity contribution is 6.33. The number of nitrogens with one attached hydrogen (secondary N) is 1. The molecule has 5 heteroatoms. The molecule has 0 unspecified atom stereocenters. The number of halogens is 1. The van der Waals surface area contributed by atoms with Gasteiger partial charge < -0.3 is 14.8 Å². The summed E-state index contributed by atoms with van der Waals surface area (Å²) in [5.41, 5.74) is 2.66. The summed E-state index contributed by atoms with van der Waals surface area (Å²) in [7, 11) is 1.63. The fraction of sp³-hybridized carbons (Fsp3) is 0.316. The number of ether oxygens (including phenoxy) is 2.